The van der Waals surface area contributed by atoms with Crippen LogP contribution < -0.4 is 0 Å². The number of carbonyl (C=O) groups is 2. The lowest BCUT2D eigenvalue weighted by atomic mass is 9.33. The third kappa shape index (κ3) is 2.90. The first-order valence-electron chi connectivity index (χ1n) is 14.4. The molecule has 0 saturated heterocycles. The number of Topliss-reactive ketones (excluding diaryl/α,β-unsaturated/α-hetero) is 1. The van der Waals surface area contributed by atoms with E-state index in [1.54, 1.807) is 0 Å². The molecule has 4 nitrogen and oxygen atoms in total. The van der Waals surface area contributed by atoms with Crippen molar-refractivity contribution in [2.75, 3.05) is 0 Å². The second kappa shape index (κ2) is 7.56. The second-order valence-electron chi connectivity index (χ2n) is 15.4. The number of aliphatic hydroxyl groups is 1. The number of ketones is 2. The Labute approximate surface area is 218 Å². The van der Waals surface area contributed by atoms with Crippen molar-refractivity contribution in [1.29, 1.82) is 5.26 Å². The van der Waals surface area contributed by atoms with Crippen molar-refractivity contribution in [3.63, 3.8) is 0 Å². The molecule has 5 rings (SSSR count). The fraction of sp³-hybridized carbons (Fsp3) is 0.844. The normalized spacial score (nSPS) is 51.1. The summed E-state index contributed by atoms with van der Waals surface area (Å²) in [4.78, 5) is 27.7. The van der Waals surface area contributed by atoms with Gasteiger partial charge in [-0.3, -0.25) is 9.59 Å². The number of nitrogens with zero attached hydrogens (tertiary/aromatic N) is 1. The minimum absolute atomic E-state index is 0.00168. The highest BCUT2D eigenvalue weighted by Gasteiger charge is 2.72. The monoisotopic (exact) mass is 493 g/mol. The molecule has 1 N–H and O–H groups in total. The van der Waals surface area contributed by atoms with Gasteiger partial charge >= 0.3 is 0 Å². The van der Waals surface area contributed by atoms with Crippen molar-refractivity contribution >= 4 is 11.6 Å². The predicted molar refractivity (Wildman–Crippen MR) is 141 cm³/mol. The minimum Gasteiger partial charge on any atom is -0.390 e. The fourth-order valence-corrected chi connectivity index (χ4v) is 10.8. The largest absolute Gasteiger partial charge is 0.390 e. The van der Waals surface area contributed by atoms with E-state index in [1.807, 2.05) is 19.9 Å². The van der Waals surface area contributed by atoms with Gasteiger partial charge in [0, 0.05) is 16.7 Å². The molecule has 0 heterocycles. The Hall–Kier alpha value is -1.47. The summed E-state index contributed by atoms with van der Waals surface area (Å²) >= 11 is 0. The molecule has 5 aliphatic rings. The quantitative estimate of drug-likeness (QED) is 0.443. The van der Waals surface area contributed by atoms with E-state index in [2.05, 4.69) is 47.6 Å². The molecule has 0 aromatic rings. The summed E-state index contributed by atoms with van der Waals surface area (Å²) in [6, 6.07) is 2.15. The van der Waals surface area contributed by atoms with E-state index in [-0.39, 0.29) is 45.1 Å². The lowest BCUT2D eigenvalue weighted by molar-refractivity contribution is -0.189. The van der Waals surface area contributed by atoms with Gasteiger partial charge in [-0.2, -0.15) is 5.26 Å². The molecule has 4 saturated carbocycles. The molecule has 0 spiro atoms. The van der Waals surface area contributed by atoms with Crippen LogP contribution in [0.4, 0.5) is 0 Å². The summed E-state index contributed by atoms with van der Waals surface area (Å²) < 4.78 is 0. The van der Waals surface area contributed by atoms with Gasteiger partial charge in [-0.05, 0) is 84.5 Å². The highest BCUT2D eigenvalue weighted by Crippen LogP contribution is 2.75. The van der Waals surface area contributed by atoms with Gasteiger partial charge in [-0.15, -0.1) is 0 Å². The van der Waals surface area contributed by atoms with Crippen LogP contribution in [0.5, 0.6) is 0 Å². The number of rotatable bonds is 1. The fourth-order valence-electron chi connectivity index (χ4n) is 10.8. The topological polar surface area (TPSA) is 78.2 Å². The van der Waals surface area contributed by atoms with E-state index in [9.17, 15) is 20.0 Å². The van der Waals surface area contributed by atoms with Crippen molar-refractivity contribution in [3.8, 4) is 6.07 Å². The van der Waals surface area contributed by atoms with E-state index in [1.165, 1.54) is 19.3 Å². The molecule has 0 bridgehead atoms. The molecule has 0 aromatic carbocycles. The van der Waals surface area contributed by atoms with Gasteiger partial charge in [0.15, 0.2) is 11.6 Å². The van der Waals surface area contributed by atoms with Crippen LogP contribution in [0.3, 0.4) is 0 Å². The maximum atomic E-state index is 14.4. The SMILES string of the molecule is CCC12CCC(C)(C)CC1C1C(=O)C=C3C4(C)C(O)C(C#N)C(=O)C(C)(C)C4CCC3(C)C1(C)CC2. The molecule has 0 aromatic heterocycles. The molecule has 36 heavy (non-hydrogen) atoms. The van der Waals surface area contributed by atoms with Crippen LogP contribution in [-0.2, 0) is 9.59 Å². The number of carbonyl (C=O) groups excluding carboxylic acids is 2. The van der Waals surface area contributed by atoms with Gasteiger partial charge in [-0.1, -0.05) is 67.4 Å². The van der Waals surface area contributed by atoms with Gasteiger partial charge < -0.3 is 5.11 Å². The number of hydrogen-bond acceptors (Lipinski definition) is 4. The summed E-state index contributed by atoms with van der Waals surface area (Å²) in [6.45, 7) is 17.8. The van der Waals surface area contributed by atoms with Gasteiger partial charge in [0.2, 0.25) is 0 Å². The molecule has 9 atom stereocenters. The maximum Gasteiger partial charge on any atom is 0.159 e. The van der Waals surface area contributed by atoms with Gasteiger partial charge in [-0.25, -0.2) is 0 Å². The molecule has 5 aliphatic carbocycles. The Morgan fingerprint density at radius 2 is 1.64 bits per heavy atom. The van der Waals surface area contributed by atoms with E-state index >= 15 is 0 Å². The first-order valence-corrected chi connectivity index (χ1v) is 14.4. The third-order valence-corrected chi connectivity index (χ3v) is 13.3. The third-order valence-electron chi connectivity index (χ3n) is 13.3. The first-order chi connectivity index (χ1) is 16.6. The number of hydrogen-bond donors (Lipinski definition) is 1. The van der Waals surface area contributed by atoms with Gasteiger partial charge in [0.05, 0.1) is 12.2 Å². The second-order valence-corrected chi connectivity index (χ2v) is 15.4. The average molecular weight is 494 g/mol. The van der Waals surface area contributed by atoms with E-state index < -0.39 is 22.9 Å². The molecule has 4 heteroatoms. The Kier molecular flexibility index (Phi) is 5.49. The summed E-state index contributed by atoms with van der Waals surface area (Å²) in [5.74, 6) is -0.659. The van der Waals surface area contributed by atoms with Crippen LogP contribution >= 0.6 is 0 Å². The molecular formula is C32H47NO3. The summed E-state index contributed by atoms with van der Waals surface area (Å²) in [6.07, 6.45) is 9.49. The molecule has 4 fully saturated rings. The number of aliphatic hydroxyl groups excluding tert-OH is 1. The van der Waals surface area contributed by atoms with Crippen molar-refractivity contribution in [2.45, 2.75) is 113 Å². The van der Waals surface area contributed by atoms with Crippen LogP contribution in [0.1, 0.15) is 107 Å². The van der Waals surface area contributed by atoms with Crippen molar-refractivity contribution < 1.29 is 14.7 Å². The first kappa shape index (κ1) is 26.1. The summed E-state index contributed by atoms with van der Waals surface area (Å²) in [5, 5.41) is 21.6. The number of fused-ring (bicyclic) bond motifs is 7. The predicted octanol–water partition coefficient (Wildman–Crippen LogP) is 6.67. The van der Waals surface area contributed by atoms with Crippen molar-refractivity contribution in [1.82, 2.24) is 0 Å². The number of nitriles is 1. The highest BCUT2D eigenvalue weighted by molar-refractivity contribution is 5.96. The van der Waals surface area contributed by atoms with Crippen LogP contribution in [0.25, 0.3) is 0 Å². The van der Waals surface area contributed by atoms with Crippen LogP contribution in [0, 0.1) is 67.5 Å². The lowest BCUT2D eigenvalue weighted by Crippen LogP contribution is -2.68. The molecular weight excluding hydrogens is 446 g/mol. The van der Waals surface area contributed by atoms with Crippen LogP contribution in [0.2, 0.25) is 0 Å². The van der Waals surface area contributed by atoms with E-state index in [4.69, 9.17) is 0 Å². The summed E-state index contributed by atoms with van der Waals surface area (Å²) in [5.41, 5.74) is -0.373. The minimum atomic E-state index is -1.08. The molecule has 198 valence electrons. The molecule has 9 unspecified atom stereocenters. The Bertz CT molecular complexity index is 1080. The average Bonchev–Trinajstić information content (AvgIpc) is 2.80. The standard InChI is InChI=1S/C32H47NO3/c1-9-32-14-12-27(2,3)17-20(32)24-21(34)16-23-29(6,30(24,7)13-15-32)11-10-22-28(4,5)25(35)19(18-33)26(36)31(22,23)8/h16,19-20,22,24,26,36H,9-15,17H2,1-8H3. The van der Waals surface area contributed by atoms with Crippen molar-refractivity contribution in [3.05, 3.63) is 11.6 Å². The van der Waals surface area contributed by atoms with Gasteiger partial charge in [0.25, 0.3) is 0 Å². The summed E-state index contributed by atoms with van der Waals surface area (Å²) in [7, 11) is 0. The Balaban J connectivity index is 1.69. The van der Waals surface area contributed by atoms with Crippen LogP contribution in [0.15, 0.2) is 11.6 Å². The zero-order chi connectivity index (χ0) is 26.7. The smallest absolute Gasteiger partial charge is 0.159 e. The van der Waals surface area contributed by atoms with E-state index in [0.717, 1.165) is 37.7 Å². The Morgan fingerprint density at radius 1 is 1.00 bits per heavy atom. The Morgan fingerprint density at radius 3 is 2.25 bits per heavy atom. The molecule has 0 amide bonds. The maximum absolute atomic E-state index is 14.4. The zero-order valence-electron chi connectivity index (χ0n) is 23.8. The van der Waals surface area contributed by atoms with Crippen LogP contribution in [-0.4, -0.2) is 22.8 Å². The molecule has 0 radical (unpaired) electrons. The molecule has 0 aliphatic heterocycles. The van der Waals surface area contributed by atoms with Gasteiger partial charge in [0.1, 0.15) is 5.92 Å². The van der Waals surface area contributed by atoms with E-state index in [0.29, 0.717) is 5.92 Å². The zero-order valence-corrected chi connectivity index (χ0v) is 23.8. The van der Waals surface area contributed by atoms with Crippen molar-refractivity contribution in [2.24, 2.45) is 56.2 Å². The number of allylic oxidation sites excluding steroid dienone is 1. The highest BCUT2D eigenvalue weighted by atomic mass is 16.3. The lowest BCUT2D eigenvalue weighted by Gasteiger charge is -2.70.